The minimum absolute atomic E-state index is 0.0588. The fourth-order valence-electron chi connectivity index (χ4n) is 5.15. The first kappa shape index (κ1) is 35.2. The Kier molecular flexibility index (Phi) is 11.4. The fraction of sp³-hybridized carbons (Fsp3) is 0.297. The van der Waals surface area contributed by atoms with Crippen LogP contribution in [0.5, 0.6) is 5.75 Å². The highest BCUT2D eigenvalue weighted by molar-refractivity contribution is 7.92. The van der Waals surface area contributed by atoms with E-state index in [1.165, 1.54) is 4.90 Å². The van der Waals surface area contributed by atoms with E-state index in [2.05, 4.69) is 5.32 Å². The van der Waals surface area contributed by atoms with Gasteiger partial charge in [-0.3, -0.25) is 13.9 Å². The number of rotatable bonds is 13. The Balaban J connectivity index is 1.82. The zero-order chi connectivity index (χ0) is 34.2. The van der Waals surface area contributed by atoms with E-state index in [9.17, 15) is 22.4 Å². The van der Waals surface area contributed by atoms with Crippen LogP contribution in [0.4, 0.5) is 10.1 Å². The molecule has 0 aliphatic carbocycles. The minimum Gasteiger partial charge on any atom is -0.494 e. The molecular formula is C37H42FN3O5S. The second-order valence-electron chi connectivity index (χ2n) is 12.3. The van der Waals surface area contributed by atoms with E-state index >= 15 is 0 Å². The van der Waals surface area contributed by atoms with Crippen molar-refractivity contribution in [2.24, 2.45) is 0 Å². The summed E-state index contributed by atoms with van der Waals surface area (Å²) in [4.78, 5) is 29.8. The van der Waals surface area contributed by atoms with Gasteiger partial charge in [0.15, 0.2) is 0 Å². The van der Waals surface area contributed by atoms with Crippen LogP contribution in [-0.2, 0) is 32.6 Å². The van der Waals surface area contributed by atoms with E-state index in [1.54, 1.807) is 24.3 Å². The van der Waals surface area contributed by atoms with Gasteiger partial charge in [-0.15, -0.1) is 0 Å². The Morgan fingerprint density at radius 1 is 0.872 bits per heavy atom. The maximum atomic E-state index is 14.6. The van der Waals surface area contributed by atoms with Crippen LogP contribution in [0.15, 0.2) is 108 Å². The number of nitrogens with one attached hydrogen (secondary N) is 1. The van der Waals surface area contributed by atoms with E-state index in [0.29, 0.717) is 12.4 Å². The van der Waals surface area contributed by atoms with Crippen LogP contribution in [0.25, 0.3) is 0 Å². The third kappa shape index (κ3) is 9.65. The highest BCUT2D eigenvalue weighted by Crippen LogP contribution is 2.27. The van der Waals surface area contributed by atoms with Crippen LogP contribution in [0, 0.1) is 12.7 Å². The third-order valence-electron chi connectivity index (χ3n) is 7.32. The van der Waals surface area contributed by atoms with Gasteiger partial charge in [0.25, 0.3) is 10.0 Å². The van der Waals surface area contributed by atoms with Gasteiger partial charge >= 0.3 is 0 Å². The Morgan fingerprint density at radius 3 is 2.11 bits per heavy atom. The van der Waals surface area contributed by atoms with Gasteiger partial charge in [0.1, 0.15) is 24.2 Å². The average molecular weight is 660 g/mol. The molecule has 1 unspecified atom stereocenters. The van der Waals surface area contributed by atoms with Gasteiger partial charge in [0.05, 0.1) is 17.2 Å². The zero-order valence-electron chi connectivity index (χ0n) is 27.4. The molecule has 0 spiro atoms. The molecule has 0 aromatic heterocycles. The number of anilines is 1. The molecule has 0 saturated heterocycles. The Morgan fingerprint density at radius 2 is 1.51 bits per heavy atom. The van der Waals surface area contributed by atoms with Crippen LogP contribution < -0.4 is 14.4 Å². The predicted molar refractivity (Wildman–Crippen MR) is 182 cm³/mol. The summed E-state index contributed by atoms with van der Waals surface area (Å²) in [7, 11) is -4.36. The van der Waals surface area contributed by atoms with Crippen molar-refractivity contribution in [2.45, 2.75) is 64.1 Å². The minimum atomic E-state index is -4.36. The highest BCUT2D eigenvalue weighted by Gasteiger charge is 2.35. The summed E-state index contributed by atoms with van der Waals surface area (Å²) in [5.74, 6) is -1.01. The fourth-order valence-corrected chi connectivity index (χ4v) is 6.57. The summed E-state index contributed by atoms with van der Waals surface area (Å²) < 4.78 is 48.6. The smallest absolute Gasteiger partial charge is 0.264 e. The van der Waals surface area contributed by atoms with E-state index < -0.39 is 39.9 Å². The molecule has 0 aliphatic heterocycles. The van der Waals surface area contributed by atoms with Gasteiger partial charge in [-0.1, -0.05) is 60.2 Å². The molecular weight excluding hydrogens is 617 g/mol. The number of carbonyl (C=O) groups excluding carboxylic acids is 2. The number of ether oxygens (including phenoxy) is 1. The quantitative estimate of drug-likeness (QED) is 0.182. The van der Waals surface area contributed by atoms with Gasteiger partial charge in [0.2, 0.25) is 11.8 Å². The average Bonchev–Trinajstić information content (AvgIpc) is 3.02. The summed E-state index contributed by atoms with van der Waals surface area (Å²) in [6, 6.07) is 26.8. The van der Waals surface area contributed by atoms with Crippen molar-refractivity contribution in [3.63, 3.8) is 0 Å². The molecule has 10 heteroatoms. The van der Waals surface area contributed by atoms with Gasteiger partial charge in [-0.25, -0.2) is 12.8 Å². The maximum absolute atomic E-state index is 14.6. The Bertz CT molecular complexity index is 1760. The van der Waals surface area contributed by atoms with E-state index in [0.717, 1.165) is 45.3 Å². The lowest BCUT2D eigenvalue weighted by atomic mass is 10.0. The Hall–Kier alpha value is -4.70. The van der Waals surface area contributed by atoms with E-state index in [4.69, 9.17) is 4.74 Å². The number of amides is 2. The largest absolute Gasteiger partial charge is 0.494 e. The highest BCUT2D eigenvalue weighted by atomic mass is 32.2. The maximum Gasteiger partial charge on any atom is 0.264 e. The number of halogens is 1. The molecule has 0 aliphatic rings. The molecule has 0 saturated carbocycles. The SMILES string of the molecule is CCOc1ccc(N(CC(=O)N(Cc2cccc(C)c2)C(Cc2ccccc2)C(=O)NC(C)(C)C)S(=O)(=O)c2ccc(F)cc2)cc1. The molecule has 0 radical (unpaired) electrons. The number of aryl methyl sites for hydroxylation is 1. The summed E-state index contributed by atoms with van der Waals surface area (Å²) in [6.07, 6.45) is 0.202. The molecule has 0 bridgehead atoms. The Labute approximate surface area is 277 Å². The molecule has 0 heterocycles. The normalized spacial score (nSPS) is 12.2. The molecule has 2 amide bonds. The van der Waals surface area contributed by atoms with Gasteiger partial charge in [-0.05, 0) is 94.3 Å². The number of hydrogen-bond donors (Lipinski definition) is 1. The van der Waals surface area contributed by atoms with Crippen molar-refractivity contribution in [3.8, 4) is 5.75 Å². The molecule has 1 atom stereocenters. The second kappa shape index (κ2) is 15.3. The second-order valence-corrected chi connectivity index (χ2v) is 14.2. The number of nitrogens with zero attached hydrogens (tertiary/aromatic N) is 2. The van der Waals surface area contributed by atoms with Crippen molar-refractivity contribution in [1.29, 1.82) is 0 Å². The zero-order valence-corrected chi connectivity index (χ0v) is 28.3. The molecule has 47 heavy (non-hydrogen) atoms. The van der Waals surface area contributed by atoms with E-state index in [-0.39, 0.29) is 29.5 Å². The first-order chi connectivity index (χ1) is 22.3. The lowest BCUT2D eigenvalue weighted by molar-refractivity contribution is -0.140. The van der Waals surface area contributed by atoms with Crippen molar-refractivity contribution in [1.82, 2.24) is 10.2 Å². The molecule has 0 fully saturated rings. The first-order valence-corrected chi connectivity index (χ1v) is 16.9. The summed E-state index contributed by atoms with van der Waals surface area (Å²) >= 11 is 0. The molecule has 4 rings (SSSR count). The number of sulfonamides is 1. The topological polar surface area (TPSA) is 96.0 Å². The monoisotopic (exact) mass is 659 g/mol. The molecule has 1 N–H and O–H groups in total. The van der Waals surface area contributed by atoms with E-state index in [1.807, 2.05) is 89.2 Å². The van der Waals surface area contributed by atoms with Crippen LogP contribution in [0.2, 0.25) is 0 Å². The third-order valence-corrected chi connectivity index (χ3v) is 9.11. The van der Waals surface area contributed by atoms with Crippen LogP contribution in [0.3, 0.4) is 0 Å². The van der Waals surface area contributed by atoms with Crippen LogP contribution >= 0.6 is 0 Å². The first-order valence-electron chi connectivity index (χ1n) is 15.5. The molecule has 4 aromatic rings. The van der Waals surface area contributed by atoms with Crippen molar-refractivity contribution in [2.75, 3.05) is 17.5 Å². The molecule has 8 nitrogen and oxygen atoms in total. The van der Waals surface area contributed by atoms with Crippen molar-refractivity contribution < 1.29 is 27.1 Å². The van der Waals surface area contributed by atoms with Crippen molar-refractivity contribution in [3.05, 3.63) is 126 Å². The number of benzene rings is 4. The summed E-state index contributed by atoms with van der Waals surface area (Å²) in [5.41, 5.74) is 2.22. The number of hydrogen-bond acceptors (Lipinski definition) is 5. The lowest BCUT2D eigenvalue weighted by Gasteiger charge is -2.35. The number of carbonyl (C=O) groups is 2. The lowest BCUT2D eigenvalue weighted by Crippen LogP contribution is -2.56. The van der Waals surface area contributed by atoms with Crippen LogP contribution in [-0.4, -0.2) is 49.9 Å². The van der Waals surface area contributed by atoms with Crippen LogP contribution in [0.1, 0.15) is 44.4 Å². The van der Waals surface area contributed by atoms with Gasteiger partial charge in [0, 0.05) is 18.5 Å². The molecule has 4 aromatic carbocycles. The summed E-state index contributed by atoms with van der Waals surface area (Å²) in [5, 5.41) is 3.02. The van der Waals surface area contributed by atoms with Crippen molar-refractivity contribution >= 4 is 27.5 Å². The molecule has 248 valence electrons. The summed E-state index contributed by atoms with van der Waals surface area (Å²) in [6.45, 7) is 9.22. The van der Waals surface area contributed by atoms with Gasteiger partial charge in [-0.2, -0.15) is 0 Å². The van der Waals surface area contributed by atoms with Gasteiger partial charge < -0.3 is 15.0 Å². The standard InChI is InChI=1S/C37H42FN3O5S/c1-6-46-32-19-17-31(18-20-32)41(47(44,45)33-21-15-30(38)16-22-33)26-35(42)40(25-29-14-10-11-27(2)23-29)34(36(43)39-37(3,4)5)24-28-12-8-7-9-13-28/h7-23,34H,6,24-26H2,1-5H3,(H,39,43). The predicted octanol–water partition coefficient (Wildman–Crippen LogP) is 6.28.